The van der Waals surface area contributed by atoms with E-state index in [1.54, 1.807) is 0 Å². The summed E-state index contributed by atoms with van der Waals surface area (Å²) < 4.78 is 0. The Kier molecular flexibility index (Phi) is 5.04. The molecule has 1 aliphatic rings. The fraction of sp³-hybridized carbons (Fsp3) is 0.600. The van der Waals surface area contributed by atoms with Gasteiger partial charge >= 0.3 is 0 Å². The molecule has 0 saturated carbocycles. The monoisotopic (exact) mass is 266 g/mol. The summed E-state index contributed by atoms with van der Waals surface area (Å²) in [6, 6.07) is 8.83. The van der Waals surface area contributed by atoms with Crippen LogP contribution in [0.5, 0.6) is 0 Å². The van der Waals surface area contributed by atoms with Crippen LogP contribution in [-0.4, -0.2) is 31.1 Å². The normalized spacial score (nSPS) is 24.4. The number of nitrogens with zero attached hydrogens (tertiary/aromatic N) is 1. The summed E-state index contributed by atoms with van der Waals surface area (Å²) in [5.41, 5.74) is 1.30. The third-order valence-corrected chi connectivity index (χ3v) is 3.88. The fourth-order valence-corrected chi connectivity index (χ4v) is 3.07. The Hall–Kier alpha value is -0.570. The second-order valence-corrected chi connectivity index (χ2v) is 6.01. The van der Waals surface area contributed by atoms with Gasteiger partial charge in [0.1, 0.15) is 0 Å². The molecule has 1 aliphatic heterocycles. The quantitative estimate of drug-likeness (QED) is 0.901. The third kappa shape index (κ3) is 4.27. The van der Waals surface area contributed by atoms with Crippen LogP contribution in [0.3, 0.4) is 0 Å². The summed E-state index contributed by atoms with van der Waals surface area (Å²) in [4.78, 5) is 2.41. The Morgan fingerprint density at radius 1 is 1.44 bits per heavy atom. The summed E-state index contributed by atoms with van der Waals surface area (Å²) in [6.45, 7) is 5.61. The van der Waals surface area contributed by atoms with Gasteiger partial charge in [-0.25, -0.2) is 0 Å². The van der Waals surface area contributed by atoms with Gasteiger partial charge in [0.15, 0.2) is 0 Å². The van der Waals surface area contributed by atoms with Crippen LogP contribution in [-0.2, 0) is 6.54 Å². The van der Waals surface area contributed by atoms with Crippen molar-refractivity contribution in [3.8, 4) is 0 Å². The lowest BCUT2D eigenvalue weighted by Gasteiger charge is -2.31. The first-order chi connectivity index (χ1) is 8.63. The van der Waals surface area contributed by atoms with Crippen molar-refractivity contribution in [1.82, 2.24) is 10.2 Å². The van der Waals surface area contributed by atoms with Crippen molar-refractivity contribution in [2.75, 3.05) is 20.1 Å². The molecule has 1 heterocycles. The highest BCUT2D eigenvalue weighted by Crippen LogP contribution is 2.18. The van der Waals surface area contributed by atoms with Crippen LogP contribution >= 0.6 is 11.6 Å². The second kappa shape index (κ2) is 6.55. The van der Waals surface area contributed by atoms with Crippen LogP contribution in [0.2, 0.25) is 5.02 Å². The maximum Gasteiger partial charge on any atom is 0.0409 e. The summed E-state index contributed by atoms with van der Waals surface area (Å²) in [7, 11) is 2.20. The van der Waals surface area contributed by atoms with E-state index in [0.717, 1.165) is 24.0 Å². The van der Waals surface area contributed by atoms with Gasteiger partial charge < -0.3 is 10.2 Å². The van der Waals surface area contributed by atoms with Crippen LogP contribution < -0.4 is 5.32 Å². The molecule has 0 radical (unpaired) electrons. The minimum absolute atomic E-state index is 0.670. The van der Waals surface area contributed by atoms with E-state index in [4.69, 9.17) is 11.6 Å². The molecular weight excluding hydrogens is 244 g/mol. The minimum Gasteiger partial charge on any atom is -0.314 e. The largest absolute Gasteiger partial charge is 0.314 e. The Balaban J connectivity index is 1.82. The predicted molar refractivity (Wildman–Crippen MR) is 78.0 cm³/mol. The van der Waals surface area contributed by atoms with Crippen LogP contribution in [0, 0.1) is 5.92 Å². The average Bonchev–Trinajstić information content (AvgIpc) is 2.28. The molecule has 3 heteroatoms. The molecule has 0 aliphatic carbocycles. The van der Waals surface area contributed by atoms with Gasteiger partial charge in [0.05, 0.1) is 0 Å². The Labute approximate surface area is 115 Å². The molecule has 2 atom stereocenters. The number of hydrogen-bond donors (Lipinski definition) is 1. The second-order valence-electron chi connectivity index (χ2n) is 5.57. The molecule has 1 aromatic rings. The molecule has 1 saturated heterocycles. The third-order valence-electron chi connectivity index (χ3n) is 3.64. The van der Waals surface area contributed by atoms with E-state index in [9.17, 15) is 0 Å². The van der Waals surface area contributed by atoms with Gasteiger partial charge in [-0.3, -0.25) is 0 Å². The number of halogens is 1. The zero-order chi connectivity index (χ0) is 13.0. The molecule has 2 rings (SSSR count). The number of piperidine rings is 1. The standard InChI is InChI=1S/C15H23ClN2/c1-12-8-14(6-7-17-12)11-18(2)10-13-4-3-5-15(16)9-13/h3-5,9,12,14,17H,6-8,10-11H2,1-2H3. The van der Waals surface area contributed by atoms with E-state index in [-0.39, 0.29) is 0 Å². The van der Waals surface area contributed by atoms with Gasteiger partial charge in [-0.15, -0.1) is 0 Å². The lowest BCUT2D eigenvalue weighted by atomic mass is 9.93. The van der Waals surface area contributed by atoms with Crippen molar-refractivity contribution < 1.29 is 0 Å². The van der Waals surface area contributed by atoms with E-state index >= 15 is 0 Å². The molecule has 100 valence electrons. The van der Waals surface area contributed by atoms with Crippen LogP contribution in [0.25, 0.3) is 0 Å². The van der Waals surface area contributed by atoms with Gasteiger partial charge in [0.2, 0.25) is 0 Å². The smallest absolute Gasteiger partial charge is 0.0409 e. The molecule has 0 spiro atoms. The molecule has 0 bridgehead atoms. The maximum absolute atomic E-state index is 6.01. The highest BCUT2D eigenvalue weighted by atomic mass is 35.5. The molecule has 0 amide bonds. The maximum atomic E-state index is 6.01. The van der Waals surface area contributed by atoms with Crippen LogP contribution in [0.4, 0.5) is 0 Å². The highest BCUT2D eigenvalue weighted by Gasteiger charge is 2.19. The molecule has 2 unspecified atom stereocenters. The summed E-state index contributed by atoms with van der Waals surface area (Å²) >= 11 is 6.01. The van der Waals surface area contributed by atoms with E-state index in [1.807, 2.05) is 12.1 Å². The highest BCUT2D eigenvalue weighted by molar-refractivity contribution is 6.30. The molecular formula is C15H23ClN2. The van der Waals surface area contributed by atoms with Crippen molar-refractivity contribution in [1.29, 1.82) is 0 Å². The van der Waals surface area contributed by atoms with Crippen molar-refractivity contribution in [2.45, 2.75) is 32.4 Å². The minimum atomic E-state index is 0.670. The zero-order valence-electron chi connectivity index (χ0n) is 11.3. The average molecular weight is 267 g/mol. The Morgan fingerprint density at radius 3 is 3.00 bits per heavy atom. The number of rotatable bonds is 4. The number of benzene rings is 1. The van der Waals surface area contributed by atoms with E-state index in [0.29, 0.717) is 6.04 Å². The van der Waals surface area contributed by atoms with Crippen LogP contribution in [0.15, 0.2) is 24.3 Å². The SMILES string of the molecule is CC1CC(CN(C)Cc2cccc(Cl)c2)CCN1. The summed E-state index contributed by atoms with van der Waals surface area (Å²) in [5, 5.41) is 4.34. The number of nitrogens with one attached hydrogen (secondary N) is 1. The first-order valence-electron chi connectivity index (χ1n) is 6.80. The lowest BCUT2D eigenvalue weighted by Crippen LogP contribution is -2.39. The molecule has 18 heavy (non-hydrogen) atoms. The fourth-order valence-electron chi connectivity index (χ4n) is 2.85. The van der Waals surface area contributed by atoms with Crippen molar-refractivity contribution in [3.63, 3.8) is 0 Å². The number of hydrogen-bond acceptors (Lipinski definition) is 2. The Bertz CT molecular complexity index is 381. The predicted octanol–water partition coefficient (Wildman–Crippen LogP) is 3.16. The van der Waals surface area contributed by atoms with Gasteiger partial charge in [0.25, 0.3) is 0 Å². The lowest BCUT2D eigenvalue weighted by molar-refractivity contribution is 0.215. The van der Waals surface area contributed by atoms with Crippen molar-refractivity contribution in [2.24, 2.45) is 5.92 Å². The summed E-state index contributed by atoms with van der Waals surface area (Å²) in [6.07, 6.45) is 2.59. The van der Waals surface area contributed by atoms with E-state index < -0.39 is 0 Å². The first kappa shape index (κ1) is 13.9. The topological polar surface area (TPSA) is 15.3 Å². The molecule has 1 aromatic carbocycles. The van der Waals surface area contributed by atoms with E-state index in [2.05, 4.69) is 36.3 Å². The first-order valence-corrected chi connectivity index (χ1v) is 7.17. The zero-order valence-corrected chi connectivity index (χ0v) is 12.1. The van der Waals surface area contributed by atoms with Gasteiger partial charge in [-0.1, -0.05) is 23.7 Å². The van der Waals surface area contributed by atoms with Crippen molar-refractivity contribution in [3.05, 3.63) is 34.9 Å². The van der Waals surface area contributed by atoms with Gasteiger partial charge in [-0.05, 0) is 57.0 Å². The summed E-state index contributed by atoms with van der Waals surface area (Å²) in [5.74, 6) is 0.824. The molecule has 1 N–H and O–H groups in total. The molecule has 0 aromatic heterocycles. The molecule has 1 fully saturated rings. The molecule has 2 nitrogen and oxygen atoms in total. The van der Waals surface area contributed by atoms with Crippen LogP contribution in [0.1, 0.15) is 25.3 Å². The van der Waals surface area contributed by atoms with Crippen molar-refractivity contribution >= 4 is 11.6 Å². The van der Waals surface area contributed by atoms with Gasteiger partial charge in [0, 0.05) is 24.2 Å². The Morgan fingerprint density at radius 2 is 2.28 bits per heavy atom. The van der Waals surface area contributed by atoms with E-state index in [1.165, 1.54) is 24.9 Å². The van der Waals surface area contributed by atoms with Gasteiger partial charge in [-0.2, -0.15) is 0 Å².